The predicted molar refractivity (Wildman–Crippen MR) is 1.37 cm³/mol. The first-order chi connectivity index (χ1) is 0. The van der Waals surface area contributed by atoms with Crippen LogP contribution in [0, 0.1) is 0 Å². The van der Waals surface area contributed by atoms with Crippen molar-refractivity contribution < 1.29 is 56.6 Å². The second-order valence-corrected chi connectivity index (χ2v) is 0. The van der Waals surface area contributed by atoms with E-state index in [9.17, 15) is 0 Å². The zero-order valence-corrected chi connectivity index (χ0v) is 7.45. The molecule has 0 aromatic rings. The third-order valence-corrected chi connectivity index (χ3v) is 0. The topological polar surface area (TPSA) is 57.0 Å². The van der Waals surface area contributed by atoms with Gasteiger partial charge in [0.2, 0.25) is 0 Å². The molecular formula is O2ZnZr+2. The van der Waals surface area contributed by atoms with E-state index >= 15 is 0 Å². The molecule has 0 fully saturated rings. The van der Waals surface area contributed by atoms with Crippen LogP contribution in [0.3, 0.4) is 0 Å². The summed E-state index contributed by atoms with van der Waals surface area (Å²) in [6, 6.07) is 0. The Morgan fingerprint density at radius 2 is 0.750 bits per heavy atom. The minimum atomic E-state index is 0. The number of hydrogen-bond acceptors (Lipinski definition) is 0. The first kappa shape index (κ1) is 52.3. The molecule has 0 atom stereocenters. The monoisotopic (exact) mass is 186 g/mol. The summed E-state index contributed by atoms with van der Waals surface area (Å²) in [6.45, 7) is 0. The largest absolute Gasteiger partial charge is 4.00 e. The normalized spacial score (nSPS) is 0. The summed E-state index contributed by atoms with van der Waals surface area (Å²) in [6.07, 6.45) is 0. The number of rotatable bonds is 0. The van der Waals surface area contributed by atoms with Gasteiger partial charge in [0.05, 0.1) is 0 Å². The van der Waals surface area contributed by atoms with Gasteiger partial charge in [-0.2, -0.15) is 0 Å². The SMILES string of the molecule is [O-2].[O-2].[Zn+2].[Zr+4]. The molecular weight excluding hydrogens is 189 g/mol. The quantitative estimate of drug-likeness (QED) is 0.471. The van der Waals surface area contributed by atoms with Crippen molar-refractivity contribution in [2.75, 3.05) is 0 Å². The predicted octanol–water partition coefficient (Wildman–Crippen LogP) is -0.243. The zero-order valence-electron chi connectivity index (χ0n) is 2.02. The van der Waals surface area contributed by atoms with E-state index in [1.54, 1.807) is 0 Å². The Morgan fingerprint density at radius 3 is 0.750 bits per heavy atom. The molecule has 0 saturated heterocycles. The molecule has 0 aromatic carbocycles. The molecule has 0 amide bonds. The van der Waals surface area contributed by atoms with E-state index in [0.29, 0.717) is 0 Å². The average Bonchev–Trinajstić information content (AvgIpc) is 0. The van der Waals surface area contributed by atoms with Gasteiger partial charge in [0.1, 0.15) is 0 Å². The molecule has 0 radical (unpaired) electrons. The fraction of sp³-hybridized carbons (Fsp3) is 0. The molecule has 0 spiro atoms. The van der Waals surface area contributed by atoms with Gasteiger partial charge in [0, 0.05) is 0 Å². The average molecular weight is 189 g/mol. The van der Waals surface area contributed by atoms with Gasteiger partial charge >= 0.3 is 45.7 Å². The first-order valence-electron chi connectivity index (χ1n) is 0. The molecule has 0 aromatic heterocycles. The Kier molecular flexibility index (Phi) is 334. The van der Waals surface area contributed by atoms with Gasteiger partial charge < -0.3 is 11.0 Å². The zero-order chi connectivity index (χ0) is 0. The van der Waals surface area contributed by atoms with E-state index in [4.69, 9.17) is 0 Å². The van der Waals surface area contributed by atoms with E-state index in [2.05, 4.69) is 0 Å². The molecule has 0 unspecified atom stereocenters. The second-order valence-electron chi connectivity index (χ2n) is 0. The van der Waals surface area contributed by atoms with E-state index in [-0.39, 0.29) is 56.6 Å². The van der Waals surface area contributed by atoms with Crippen molar-refractivity contribution in [3.05, 3.63) is 0 Å². The van der Waals surface area contributed by atoms with Crippen molar-refractivity contribution in [3.63, 3.8) is 0 Å². The number of hydrogen-bond donors (Lipinski definition) is 0. The van der Waals surface area contributed by atoms with Crippen molar-refractivity contribution in [1.82, 2.24) is 0 Å². The molecule has 0 rings (SSSR count). The van der Waals surface area contributed by atoms with Crippen LogP contribution in [0.15, 0.2) is 0 Å². The van der Waals surface area contributed by atoms with Gasteiger partial charge in [-0.25, -0.2) is 0 Å². The molecule has 0 bridgehead atoms. The Morgan fingerprint density at radius 1 is 0.750 bits per heavy atom. The summed E-state index contributed by atoms with van der Waals surface area (Å²) in [5.41, 5.74) is 0. The van der Waals surface area contributed by atoms with Crippen LogP contribution in [-0.2, 0) is 56.6 Å². The molecule has 0 N–H and O–H groups in total. The maximum absolute atomic E-state index is 0. The Hall–Kier alpha value is 1.43. The molecule has 0 saturated carbocycles. The smallest absolute Gasteiger partial charge is 2.00 e. The van der Waals surface area contributed by atoms with Crippen molar-refractivity contribution in [3.8, 4) is 0 Å². The van der Waals surface area contributed by atoms with Crippen molar-refractivity contribution >= 4 is 0 Å². The van der Waals surface area contributed by atoms with Gasteiger partial charge in [-0.05, 0) is 0 Å². The Labute approximate surface area is 56.5 Å². The fourth-order valence-corrected chi connectivity index (χ4v) is 0. The van der Waals surface area contributed by atoms with Crippen LogP contribution >= 0.6 is 0 Å². The van der Waals surface area contributed by atoms with Crippen molar-refractivity contribution in [1.29, 1.82) is 0 Å². The maximum atomic E-state index is 0. The molecule has 0 heterocycles. The standard InChI is InChI=1S/2O.Zn.Zr/q2*-2;+2;+4. The summed E-state index contributed by atoms with van der Waals surface area (Å²) in [5.74, 6) is 0. The summed E-state index contributed by atoms with van der Waals surface area (Å²) in [7, 11) is 0. The molecule has 0 aliphatic carbocycles. The Bertz CT molecular complexity index is 6.00. The molecule has 0 aliphatic heterocycles. The summed E-state index contributed by atoms with van der Waals surface area (Å²) < 4.78 is 0. The summed E-state index contributed by atoms with van der Waals surface area (Å²) >= 11 is 0. The van der Waals surface area contributed by atoms with Gasteiger partial charge in [-0.3, -0.25) is 0 Å². The Balaban J connectivity index is 0. The summed E-state index contributed by atoms with van der Waals surface area (Å²) in [4.78, 5) is 0. The molecule has 4 heavy (non-hydrogen) atoms. The fourth-order valence-electron chi connectivity index (χ4n) is 0. The molecule has 2 nitrogen and oxygen atoms in total. The first-order valence-corrected chi connectivity index (χ1v) is 0. The van der Waals surface area contributed by atoms with Crippen LogP contribution in [0.25, 0.3) is 0 Å². The van der Waals surface area contributed by atoms with Crippen LogP contribution in [0.1, 0.15) is 0 Å². The van der Waals surface area contributed by atoms with Crippen molar-refractivity contribution in [2.24, 2.45) is 0 Å². The van der Waals surface area contributed by atoms with Gasteiger partial charge in [0.25, 0.3) is 0 Å². The van der Waals surface area contributed by atoms with Gasteiger partial charge in [-0.15, -0.1) is 0 Å². The van der Waals surface area contributed by atoms with Gasteiger partial charge in [0.15, 0.2) is 0 Å². The molecule has 4 heteroatoms. The van der Waals surface area contributed by atoms with Crippen LogP contribution in [0.5, 0.6) is 0 Å². The molecule has 0 aliphatic rings. The van der Waals surface area contributed by atoms with Crippen LogP contribution in [-0.4, -0.2) is 0 Å². The minimum Gasteiger partial charge on any atom is -2.00 e. The third-order valence-electron chi connectivity index (χ3n) is 0. The summed E-state index contributed by atoms with van der Waals surface area (Å²) in [5, 5.41) is 0. The van der Waals surface area contributed by atoms with E-state index in [0.717, 1.165) is 0 Å². The minimum absolute atomic E-state index is 0. The van der Waals surface area contributed by atoms with E-state index in [1.165, 1.54) is 0 Å². The van der Waals surface area contributed by atoms with Gasteiger partial charge in [-0.1, -0.05) is 0 Å². The van der Waals surface area contributed by atoms with Crippen LogP contribution in [0.2, 0.25) is 0 Å². The maximum Gasteiger partial charge on any atom is 4.00 e. The van der Waals surface area contributed by atoms with E-state index < -0.39 is 0 Å². The second kappa shape index (κ2) is 25.5. The van der Waals surface area contributed by atoms with Crippen LogP contribution < -0.4 is 0 Å². The van der Waals surface area contributed by atoms with E-state index in [1.807, 2.05) is 0 Å². The third kappa shape index (κ3) is 9.91. The molecule has 16 valence electrons. The van der Waals surface area contributed by atoms with Crippen LogP contribution in [0.4, 0.5) is 0 Å². The van der Waals surface area contributed by atoms with Crippen molar-refractivity contribution in [2.45, 2.75) is 0 Å².